The number of carbonyl (C=O) groups excluding carboxylic acids is 2. The predicted molar refractivity (Wildman–Crippen MR) is 90.6 cm³/mol. The van der Waals surface area contributed by atoms with Crippen LogP contribution in [0.4, 0.5) is 0 Å². The molecule has 24 heavy (non-hydrogen) atoms. The van der Waals surface area contributed by atoms with Crippen molar-refractivity contribution >= 4 is 11.8 Å². The number of fused-ring (bicyclic) bond motifs is 1. The molecule has 3 rings (SSSR count). The van der Waals surface area contributed by atoms with E-state index in [0.29, 0.717) is 43.5 Å². The minimum Gasteiger partial charge on any atom is -0.350 e. The molecule has 2 aromatic rings. The van der Waals surface area contributed by atoms with E-state index in [1.807, 2.05) is 44.2 Å². The van der Waals surface area contributed by atoms with Crippen molar-refractivity contribution in [2.45, 2.75) is 26.9 Å². The molecule has 0 aliphatic carbocycles. The fraction of sp³-hybridized carbons (Fsp3) is 0.389. The van der Waals surface area contributed by atoms with Crippen molar-refractivity contribution in [3.8, 4) is 0 Å². The van der Waals surface area contributed by atoms with Gasteiger partial charge >= 0.3 is 0 Å². The molecule has 0 radical (unpaired) electrons. The molecule has 6 heteroatoms. The molecule has 1 aliphatic heterocycles. The van der Waals surface area contributed by atoms with Crippen LogP contribution in [-0.4, -0.2) is 39.6 Å². The van der Waals surface area contributed by atoms with E-state index < -0.39 is 0 Å². The normalized spacial score (nSPS) is 14.0. The number of amides is 2. The Morgan fingerprint density at radius 1 is 1.25 bits per heavy atom. The molecule has 0 unspecified atom stereocenters. The molecule has 2 heterocycles. The lowest BCUT2D eigenvalue weighted by molar-refractivity contribution is 0.0683. The second-order valence-electron chi connectivity index (χ2n) is 6.45. The number of nitrogens with one attached hydrogen (secondary N) is 1. The topological polar surface area (TPSA) is 67.2 Å². The van der Waals surface area contributed by atoms with E-state index in [4.69, 9.17) is 0 Å². The van der Waals surface area contributed by atoms with E-state index in [1.54, 1.807) is 15.6 Å². The molecule has 2 amide bonds. The molecule has 0 saturated heterocycles. The Labute approximate surface area is 141 Å². The van der Waals surface area contributed by atoms with Crippen LogP contribution >= 0.6 is 0 Å². The first-order valence-corrected chi connectivity index (χ1v) is 8.24. The summed E-state index contributed by atoms with van der Waals surface area (Å²) < 4.78 is 1.63. The highest BCUT2D eigenvalue weighted by molar-refractivity contribution is 5.98. The smallest absolute Gasteiger partial charge is 0.272 e. The number of rotatable bonds is 5. The molecule has 0 spiro atoms. The first kappa shape index (κ1) is 16.2. The molecule has 6 nitrogen and oxygen atoms in total. The van der Waals surface area contributed by atoms with Crippen LogP contribution in [0.25, 0.3) is 0 Å². The van der Waals surface area contributed by atoms with Gasteiger partial charge in [-0.15, -0.1) is 0 Å². The van der Waals surface area contributed by atoms with Gasteiger partial charge in [-0.3, -0.25) is 14.3 Å². The maximum absolute atomic E-state index is 12.7. The monoisotopic (exact) mass is 326 g/mol. The van der Waals surface area contributed by atoms with E-state index in [0.717, 1.165) is 5.56 Å². The van der Waals surface area contributed by atoms with Crippen LogP contribution in [0.3, 0.4) is 0 Å². The lowest BCUT2D eigenvalue weighted by Crippen LogP contribution is -2.39. The summed E-state index contributed by atoms with van der Waals surface area (Å²) >= 11 is 0. The van der Waals surface area contributed by atoms with Gasteiger partial charge in [0.05, 0.1) is 6.54 Å². The third-order valence-corrected chi connectivity index (χ3v) is 3.99. The molecule has 1 aliphatic rings. The van der Waals surface area contributed by atoms with Crippen LogP contribution in [0.2, 0.25) is 0 Å². The summed E-state index contributed by atoms with van der Waals surface area (Å²) in [6, 6.07) is 11.5. The summed E-state index contributed by atoms with van der Waals surface area (Å²) in [5.74, 6) is 0.0581. The van der Waals surface area contributed by atoms with E-state index in [2.05, 4.69) is 10.4 Å². The Hall–Kier alpha value is -2.63. The average molecular weight is 326 g/mol. The standard InChI is InChI=1S/C18H22N4O2/c1-13(2)11-19-17(23)15-10-16-18(24)21(8-9-22(16)20-15)12-14-6-4-3-5-7-14/h3-7,10,13H,8-9,11-12H2,1-2H3,(H,19,23). The van der Waals surface area contributed by atoms with Crippen molar-refractivity contribution in [3.63, 3.8) is 0 Å². The van der Waals surface area contributed by atoms with E-state index in [1.165, 1.54) is 0 Å². The number of hydrogen-bond donors (Lipinski definition) is 1. The maximum atomic E-state index is 12.7. The van der Waals surface area contributed by atoms with Crippen molar-refractivity contribution in [1.29, 1.82) is 0 Å². The molecule has 1 aromatic carbocycles. The molecule has 126 valence electrons. The van der Waals surface area contributed by atoms with Gasteiger partial charge in [-0.25, -0.2) is 0 Å². The Kier molecular flexibility index (Phi) is 4.64. The van der Waals surface area contributed by atoms with Crippen molar-refractivity contribution < 1.29 is 9.59 Å². The molecule has 1 N–H and O–H groups in total. The molecule has 0 fully saturated rings. The Bertz CT molecular complexity index is 737. The summed E-state index contributed by atoms with van der Waals surface area (Å²) in [6.07, 6.45) is 0. The quantitative estimate of drug-likeness (QED) is 0.913. The summed E-state index contributed by atoms with van der Waals surface area (Å²) in [6.45, 7) is 6.42. The Balaban J connectivity index is 1.72. The predicted octanol–water partition coefficient (Wildman–Crippen LogP) is 1.92. The molecule has 1 aromatic heterocycles. The van der Waals surface area contributed by atoms with Crippen molar-refractivity contribution in [1.82, 2.24) is 20.0 Å². The zero-order valence-corrected chi connectivity index (χ0v) is 14.0. The second kappa shape index (κ2) is 6.86. The zero-order chi connectivity index (χ0) is 17.1. The molecule has 0 saturated carbocycles. The zero-order valence-electron chi connectivity index (χ0n) is 14.0. The average Bonchev–Trinajstić information content (AvgIpc) is 3.01. The number of hydrogen-bond acceptors (Lipinski definition) is 3. The van der Waals surface area contributed by atoms with E-state index >= 15 is 0 Å². The van der Waals surface area contributed by atoms with Gasteiger partial charge in [0.25, 0.3) is 11.8 Å². The molecular formula is C18H22N4O2. The van der Waals surface area contributed by atoms with Gasteiger partial charge in [0.15, 0.2) is 5.69 Å². The minimum absolute atomic E-state index is 0.0829. The largest absolute Gasteiger partial charge is 0.350 e. The van der Waals surface area contributed by atoms with Crippen LogP contribution < -0.4 is 5.32 Å². The van der Waals surface area contributed by atoms with Gasteiger partial charge in [0.2, 0.25) is 0 Å². The highest BCUT2D eigenvalue weighted by Crippen LogP contribution is 2.16. The summed E-state index contributed by atoms with van der Waals surface area (Å²) in [5.41, 5.74) is 1.88. The Morgan fingerprint density at radius 2 is 2.00 bits per heavy atom. The first-order chi connectivity index (χ1) is 11.5. The molecular weight excluding hydrogens is 304 g/mol. The minimum atomic E-state index is -0.229. The lowest BCUT2D eigenvalue weighted by Gasteiger charge is -2.27. The van der Waals surface area contributed by atoms with E-state index in [-0.39, 0.29) is 11.8 Å². The number of benzene rings is 1. The third-order valence-electron chi connectivity index (χ3n) is 3.99. The first-order valence-electron chi connectivity index (χ1n) is 8.24. The van der Waals surface area contributed by atoms with Crippen molar-refractivity contribution in [2.75, 3.05) is 13.1 Å². The van der Waals surface area contributed by atoms with Crippen LogP contribution in [0.5, 0.6) is 0 Å². The highest BCUT2D eigenvalue weighted by Gasteiger charge is 2.27. The van der Waals surface area contributed by atoms with Gasteiger partial charge in [-0.05, 0) is 11.5 Å². The second-order valence-corrected chi connectivity index (χ2v) is 6.45. The number of aromatic nitrogens is 2. The van der Waals surface area contributed by atoms with Crippen molar-refractivity contribution in [2.24, 2.45) is 5.92 Å². The summed E-state index contributed by atoms with van der Waals surface area (Å²) in [5, 5.41) is 7.11. The van der Waals surface area contributed by atoms with Gasteiger partial charge in [0.1, 0.15) is 5.69 Å². The van der Waals surface area contributed by atoms with Gasteiger partial charge in [-0.1, -0.05) is 44.2 Å². The fourth-order valence-corrected chi connectivity index (χ4v) is 2.69. The molecule has 0 atom stereocenters. The van der Waals surface area contributed by atoms with Gasteiger partial charge in [-0.2, -0.15) is 5.10 Å². The van der Waals surface area contributed by atoms with Gasteiger partial charge in [0, 0.05) is 25.7 Å². The maximum Gasteiger partial charge on any atom is 0.272 e. The highest BCUT2D eigenvalue weighted by atomic mass is 16.2. The SMILES string of the molecule is CC(C)CNC(=O)c1cc2n(n1)CCN(Cc1ccccc1)C2=O. The van der Waals surface area contributed by atoms with Crippen LogP contribution in [0, 0.1) is 5.92 Å². The van der Waals surface area contributed by atoms with Gasteiger partial charge < -0.3 is 10.2 Å². The van der Waals surface area contributed by atoms with Crippen LogP contribution in [-0.2, 0) is 13.1 Å². The fourth-order valence-electron chi connectivity index (χ4n) is 2.69. The third kappa shape index (κ3) is 3.48. The molecule has 0 bridgehead atoms. The summed E-state index contributed by atoms with van der Waals surface area (Å²) in [4.78, 5) is 26.6. The Morgan fingerprint density at radius 3 is 2.71 bits per heavy atom. The van der Waals surface area contributed by atoms with Crippen molar-refractivity contribution in [3.05, 3.63) is 53.3 Å². The lowest BCUT2D eigenvalue weighted by atomic mass is 10.2. The van der Waals surface area contributed by atoms with Crippen LogP contribution in [0.15, 0.2) is 36.4 Å². The summed E-state index contributed by atoms with van der Waals surface area (Å²) in [7, 11) is 0. The van der Waals surface area contributed by atoms with Crippen LogP contribution in [0.1, 0.15) is 40.4 Å². The van der Waals surface area contributed by atoms with E-state index in [9.17, 15) is 9.59 Å². The number of carbonyl (C=O) groups is 2. The number of nitrogens with zero attached hydrogens (tertiary/aromatic N) is 3.